The minimum Gasteiger partial charge on any atom is -0.450 e. The molecule has 0 aromatic heterocycles. The number of urea groups is 1. The van der Waals surface area contributed by atoms with E-state index in [0.717, 1.165) is 0 Å². The Labute approximate surface area is 61.0 Å². The van der Waals surface area contributed by atoms with Gasteiger partial charge in [0.2, 0.25) is 5.91 Å². The van der Waals surface area contributed by atoms with Crippen molar-refractivity contribution in [1.29, 1.82) is 0 Å². The van der Waals surface area contributed by atoms with Gasteiger partial charge in [0.15, 0.2) is 0 Å². The van der Waals surface area contributed by atoms with Gasteiger partial charge in [-0.3, -0.25) is 10.1 Å². The predicted octanol–water partition coefficient (Wildman–Crippen LogP) is -0.952. The molecule has 0 bridgehead atoms. The summed E-state index contributed by atoms with van der Waals surface area (Å²) in [5.74, 6) is -0.259. The number of hydrogen-bond donors (Lipinski definition) is 4. The number of rotatable bonds is 0. The van der Waals surface area contributed by atoms with Crippen molar-refractivity contribution < 1.29 is 24.6 Å². The van der Waals surface area contributed by atoms with Gasteiger partial charge in [-0.05, 0) is 0 Å². The van der Waals surface area contributed by atoms with E-state index in [1.165, 1.54) is 0 Å². The van der Waals surface area contributed by atoms with Gasteiger partial charge >= 0.3 is 12.2 Å². The molecule has 62 valence electrons. The molecular formula is C4H6N2O5. The summed E-state index contributed by atoms with van der Waals surface area (Å²) in [6.07, 6.45) is -1.83. The molecule has 0 unspecified atom stereocenters. The summed E-state index contributed by atoms with van der Waals surface area (Å²) in [6.45, 7) is 0.124. The smallest absolute Gasteiger partial charge is 0.450 e. The molecule has 0 saturated carbocycles. The molecule has 1 aliphatic rings. The number of carboxylic acid groups (broad SMARTS) is 2. The van der Waals surface area contributed by atoms with Gasteiger partial charge in [0, 0.05) is 0 Å². The standard InChI is InChI=1S/C3H4N2O2.CH2O3/c6-2-1-4-3(7)5-2;2-1(3)4/h1H2,(H2,4,5,6,7);(H2,2,3,4). The maximum absolute atomic E-state index is 10.1. The van der Waals surface area contributed by atoms with E-state index in [1.807, 2.05) is 5.32 Å². The van der Waals surface area contributed by atoms with E-state index < -0.39 is 12.2 Å². The third-order valence-corrected chi connectivity index (χ3v) is 0.662. The van der Waals surface area contributed by atoms with Gasteiger partial charge in [-0.1, -0.05) is 0 Å². The van der Waals surface area contributed by atoms with Crippen LogP contribution in [0.15, 0.2) is 0 Å². The number of imide groups is 1. The fraction of sp³-hybridized carbons (Fsp3) is 0.250. The highest BCUT2D eigenvalue weighted by Crippen LogP contribution is 1.73. The Balaban J connectivity index is 0.000000218. The highest BCUT2D eigenvalue weighted by Gasteiger charge is 2.14. The molecule has 0 aromatic rings. The van der Waals surface area contributed by atoms with Crippen LogP contribution in [-0.4, -0.2) is 34.9 Å². The first-order valence-corrected chi connectivity index (χ1v) is 2.52. The lowest BCUT2D eigenvalue weighted by molar-refractivity contribution is -0.117. The third kappa shape index (κ3) is 6.09. The second kappa shape index (κ2) is 4.09. The molecular weight excluding hydrogens is 156 g/mol. The summed E-state index contributed by atoms with van der Waals surface area (Å²) < 4.78 is 0. The molecule has 1 rings (SSSR count). The van der Waals surface area contributed by atoms with E-state index in [1.54, 1.807) is 0 Å². The molecule has 0 spiro atoms. The Morgan fingerprint density at radius 2 is 1.82 bits per heavy atom. The van der Waals surface area contributed by atoms with E-state index in [9.17, 15) is 9.59 Å². The number of hydrogen-bond acceptors (Lipinski definition) is 3. The largest absolute Gasteiger partial charge is 0.503 e. The Bertz CT molecular complexity index is 171. The van der Waals surface area contributed by atoms with Crippen molar-refractivity contribution in [1.82, 2.24) is 10.6 Å². The monoisotopic (exact) mass is 162 g/mol. The molecule has 0 atom stereocenters. The van der Waals surface area contributed by atoms with Crippen molar-refractivity contribution in [3.63, 3.8) is 0 Å². The average molecular weight is 162 g/mol. The minimum absolute atomic E-state index is 0.124. The second-order valence-corrected chi connectivity index (χ2v) is 1.51. The molecule has 0 aliphatic carbocycles. The fourth-order valence-electron chi connectivity index (χ4n) is 0.376. The lowest BCUT2D eigenvalue weighted by Crippen LogP contribution is -2.22. The van der Waals surface area contributed by atoms with Crippen molar-refractivity contribution in [2.24, 2.45) is 0 Å². The van der Waals surface area contributed by atoms with Crippen LogP contribution in [0, 0.1) is 0 Å². The molecule has 0 radical (unpaired) electrons. The summed E-state index contributed by atoms with van der Waals surface area (Å²) in [4.78, 5) is 28.6. The van der Waals surface area contributed by atoms with Crippen molar-refractivity contribution in [3.05, 3.63) is 0 Å². The lowest BCUT2D eigenvalue weighted by Gasteiger charge is -1.78. The Hall–Kier alpha value is -1.79. The van der Waals surface area contributed by atoms with Crippen LogP contribution in [0.1, 0.15) is 0 Å². The molecule has 1 heterocycles. The molecule has 7 heteroatoms. The zero-order chi connectivity index (χ0) is 8.85. The van der Waals surface area contributed by atoms with Crippen molar-refractivity contribution in [2.45, 2.75) is 0 Å². The SMILES string of the molecule is O=C(O)O.O=C1CNC(=O)N1. The molecule has 0 aromatic carbocycles. The zero-order valence-corrected chi connectivity index (χ0v) is 5.33. The van der Waals surface area contributed by atoms with Crippen LogP contribution in [0.5, 0.6) is 0 Å². The number of carbonyl (C=O) groups excluding carboxylic acids is 2. The summed E-state index contributed by atoms with van der Waals surface area (Å²) in [7, 11) is 0. The van der Waals surface area contributed by atoms with Gasteiger partial charge in [-0.15, -0.1) is 0 Å². The lowest BCUT2D eigenvalue weighted by atomic mass is 10.7. The van der Waals surface area contributed by atoms with Crippen molar-refractivity contribution >= 4 is 18.1 Å². The summed E-state index contributed by atoms with van der Waals surface area (Å²) in [5, 5.41) is 18.2. The van der Waals surface area contributed by atoms with Crippen molar-refractivity contribution in [2.75, 3.05) is 6.54 Å². The topological polar surface area (TPSA) is 116 Å². The van der Waals surface area contributed by atoms with Gasteiger partial charge < -0.3 is 15.5 Å². The maximum Gasteiger partial charge on any atom is 0.503 e. The number of amides is 3. The molecule has 1 saturated heterocycles. The summed E-state index contributed by atoms with van der Waals surface area (Å²) in [5.41, 5.74) is 0. The molecule has 4 N–H and O–H groups in total. The summed E-state index contributed by atoms with van der Waals surface area (Å²) >= 11 is 0. The first kappa shape index (κ1) is 9.21. The molecule has 1 aliphatic heterocycles. The Kier molecular flexibility index (Phi) is 3.43. The van der Waals surface area contributed by atoms with Gasteiger partial charge in [0.1, 0.15) is 0 Å². The first-order valence-electron chi connectivity index (χ1n) is 2.52. The minimum atomic E-state index is -1.83. The van der Waals surface area contributed by atoms with E-state index in [2.05, 4.69) is 5.32 Å². The normalized spacial score (nSPS) is 14.2. The molecule has 7 nitrogen and oxygen atoms in total. The maximum atomic E-state index is 10.1. The van der Waals surface area contributed by atoms with Gasteiger partial charge in [-0.25, -0.2) is 9.59 Å². The van der Waals surface area contributed by atoms with Crippen LogP contribution in [0.25, 0.3) is 0 Å². The average Bonchev–Trinajstić information content (AvgIpc) is 2.13. The number of nitrogens with one attached hydrogen (secondary N) is 2. The van der Waals surface area contributed by atoms with Crippen LogP contribution in [0.3, 0.4) is 0 Å². The van der Waals surface area contributed by atoms with Crippen molar-refractivity contribution in [3.8, 4) is 0 Å². The Morgan fingerprint density at radius 3 is 1.91 bits per heavy atom. The van der Waals surface area contributed by atoms with Gasteiger partial charge in [0.05, 0.1) is 6.54 Å². The molecule has 11 heavy (non-hydrogen) atoms. The van der Waals surface area contributed by atoms with E-state index in [-0.39, 0.29) is 12.5 Å². The predicted molar refractivity (Wildman–Crippen MR) is 32.2 cm³/mol. The van der Waals surface area contributed by atoms with Crippen LogP contribution in [0.4, 0.5) is 9.59 Å². The Morgan fingerprint density at radius 1 is 1.36 bits per heavy atom. The van der Waals surface area contributed by atoms with E-state index in [4.69, 9.17) is 15.0 Å². The van der Waals surface area contributed by atoms with Crippen LogP contribution < -0.4 is 10.6 Å². The summed E-state index contributed by atoms with van der Waals surface area (Å²) in [6, 6.07) is -0.398. The van der Waals surface area contributed by atoms with Crippen LogP contribution in [0.2, 0.25) is 0 Å². The molecule has 1 fully saturated rings. The fourth-order valence-corrected chi connectivity index (χ4v) is 0.376. The van der Waals surface area contributed by atoms with E-state index in [0.29, 0.717) is 0 Å². The first-order chi connectivity index (χ1) is 5.02. The third-order valence-electron chi connectivity index (χ3n) is 0.662. The zero-order valence-electron chi connectivity index (χ0n) is 5.33. The highest BCUT2D eigenvalue weighted by atomic mass is 16.6. The van der Waals surface area contributed by atoms with E-state index >= 15 is 0 Å². The van der Waals surface area contributed by atoms with Crippen LogP contribution in [-0.2, 0) is 4.79 Å². The highest BCUT2D eigenvalue weighted by molar-refractivity contribution is 6.01. The second-order valence-electron chi connectivity index (χ2n) is 1.51. The molecule has 3 amide bonds. The quantitative estimate of drug-likeness (QED) is 0.342. The number of carbonyl (C=O) groups is 3. The van der Waals surface area contributed by atoms with Gasteiger partial charge in [0.25, 0.3) is 0 Å². The van der Waals surface area contributed by atoms with Gasteiger partial charge in [-0.2, -0.15) is 0 Å². The van der Waals surface area contributed by atoms with Crippen LogP contribution >= 0.6 is 0 Å².